The molecule has 0 radical (unpaired) electrons. The highest BCUT2D eigenvalue weighted by molar-refractivity contribution is 5.66. The van der Waals surface area contributed by atoms with Crippen molar-refractivity contribution in [3.8, 4) is 0 Å². The fourth-order valence-electron chi connectivity index (χ4n) is 1.71. The first-order valence-corrected chi connectivity index (χ1v) is 7.55. The molecule has 114 valence electrons. The molecular formula is C17H28O3. The normalized spacial score (nSPS) is 13.7. The summed E-state index contributed by atoms with van der Waals surface area (Å²) in [5, 5.41) is 18.2. The summed E-state index contributed by atoms with van der Waals surface area (Å²) in [6.07, 6.45) is 18.1. The standard InChI is InChI=1S/C17H28O3/c1-2-3-4-5-6-7-8-10-13-16(18)14-11-9-12-15-17(19)20/h4-5,7-8,10,13,16,18H,2-3,6,9,11-12,14-15H2,1H3,(H,19,20). The Morgan fingerprint density at radius 1 is 1.10 bits per heavy atom. The first-order valence-electron chi connectivity index (χ1n) is 7.55. The van der Waals surface area contributed by atoms with Crippen LogP contribution in [0, 0.1) is 0 Å². The highest BCUT2D eigenvalue weighted by Crippen LogP contribution is 2.06. The monoisotopic (exact) mass is 280 g/mol. The average molecular weight is 280 g/mol. The zero-order valence-corrected chi connectivity index (χ0v) is 12.5. The molecule has 1 atom stereocenters. The highest BCUT2D eigenvalue weighted by Gasteiger charge is 2.00. The Bertz CT molecular complexity index is 316. The first kappa shape index (κ1) is 18.7. The minimum absolute atomic E-state index is 0.222. The van der Waals surface area contributed by atoms with Crippen molar-refractivity contribution < 1.29 is 15.0 Å². The summed E-state index contributed by atoms with van der Waals surface area (Å²) in [7, 11) is 0. The van der Waals surface area contributed by atoms with Crippen molar-refractivity contribution in [1.82, 2.24) is 0 Å². The number of unbranched alkanes of at least 4 members (excludes halogenated alkanes) is 3. The van der Waals surface area contributed by atoms with Crippen molar-refractivity contribution in [2.24, 2.45) is 0 Å². The number of aliphatic hydroxyl groups excluding tert-OH is 1. The molecule has 2 N–H and O–H groups in total. The summed E-state index contributed by atoms with van der Waals surface area (Å²) in [6, 6.07) is 0. The molecule has 20 heavy (non-hydrogen) atoms. The number of hydrogen-bond acceptors (Lipinski definition) is 2. The summed E-state index contributed by atoms with van der Waals surface area (Å²) in [5.74, 6) is -0.747. The SMILES string of the molecule is CCCC=CCC=CC=CC(O)CCCCCC(=O)O. The molecule has 0 aliphatic carbocycles. The van der Waals surface area contributed by atoms with Gasteiger partial charge in [0.1, 0.15) is 0 Å². The van der Waals surface area contributed by atoms with Gasteiger partial charge in [-0.3, -0.25) is 4.79 Å². The number of carbonyl (C=O) groups is 1. The maximum atomic E-state index is 10.3. The van der Waals surface area contributed by atoms with Crippen LogP contribution in [0.15, 0.2) is 36.5 Å². The molecule has 3 nitrogen and oxygen atoms in total. The van der Waals surface area contributed by atoms with Crippen molar-refractivity contribution in [1.29, 1.82) is 0 Å². The topological polar surface area (TPSA) is 57.5 Å². The molecule has 0 saturated carbocycles. The molecule has 0 amide bonds. The first-order chi connectivity index (χ1) is 9.66. The molecule has 0 aromatic heterocycles. The Morgan fingerprint density at radius 3 is 2.60 bits per heavy atom. The van der Waals surface area contributed by atoms with E-state index in [0.717, 1.165) is 25.7 Å². The van der Waals surface area contributed by atoms with Crippen LogP contribution in [0.1, 0.15) is 58.3 Å². The number of carboxylic acids is 1. The molecule has 0 aliphatic rings. The molecular weight excluding hydrogens is 252 g/mol. The van der Waals surface area contributed by atoms with E-state index >= 15 is 0 Å². The van der Waals surface area contributed by atoms with E-state index in [2.05, 4.69) is 25.2 Å². The molecule has 0 rings (SSSR count). The summed E-state index contributed by atoms with van der Waals surface area (Å²) >= 11 is 0. The fourth-order valence-corrected chi connectivity index (χ4v) is 1.71. The van der Waals surface area contributed by atoms with E-state index in [1.807, 2.05) is 12.2 Å². The van der Waals surface area contributed by atoms with Crippen LogP contribution in [0.2, 0.25) is 0 Å². The third-order valence-electron chi connectivity index (χ3n) is 2.87. The molecule has 0 heterocycles. The number of aliphatic hydroxyl groups is 1. The maximum absolute atomic E-state index is 10.3. The predicted molar refractivity (Wildman–Crippen MR) is 83.7 cm³/mol. The number of aliphatic carboxylic acids is 1. The molecule has 0 saturated heterocycles. The van der Waals surface area contributed by atoms with E-state index in [0.29, 0.717) is 12.8 Å². The number of carboxylic acid groups (broad SMARTS) is 1. The zero-order chi connectivity index (χ0) is 15.1. The quantitative estimate of drug-likeness (QED) is 0.319. The van der Waals surface area contributed by atoms with Gasteiger partial charge in [0.05, 0.1) is 6.10 Å². The molecule has 0 bridgehead atoms. The van der Waals surface area contributed by atoms with Gasteiger partial charge in [-0.05, 0) is 25.7 Å². The van der Waals surface area contributed by atoms with E-state index in [1.165, 1.54) is 6.42 Å². The highest BCUT2D eigenvalue weighted by atomic mass is 16.4. The van der Waals surface area contributed by atoms with Gasteiger partial charge in [-0.1, -0.05) is 62.6 Å². The Kier molecular flexibility index (Phi) is 13.1. The summed E-state index contributed by atoms with van der Waals surface area (Å²) in [6.45, 7) is 2.16. The predicted octanol–water partition coefficient (Wildman–Crippen LogP) is 4.24. The Morgan fingerprint density at radius 2 is 1.90 bits per heavy atom. The van der Waals surface area contributed by atoms with E-state index in [1.54, 1.807) is 6.08 Å². The third kappa shape index (κ3) is 14.7. The van der Waals surface area contributed by atoms with Crippen molar-refractivity contribution in [3.05, 3.63) is 36.5 Å². The lowest BCUT2D eigenvalue weighted by atomic mass is 10.1. The van der Waals surface area contributed by atoms with Gasteiger partial charge in [0.2, 0.25) is 0 Å². The molecule has 0 aromatic carbocycles. The molecule has 3 heteroatoms. The largest absolute Gasteiger partial charge is 0.481 e. The smallest absolute Gasteiger partial charge is 0.303 e. The molecule has 0 fully saturated rings. The van der Waals surface area contributed by atoms with Crippen LogP contribution in [0.4, 0.5) is 0 Å². The van der Waals surface area contributed by atoms with Crippen LogP contribution in [0.5, 0.6) is 0 Å². The number of hydrogen-bond donors (Lipinski definition) is 2. The second-order valence-corrected chi connectivity index (χ2v) is 4.87. The van der Waals surface area contributed by atoms with E-state index in [9.17, 15) is 9.90 Å². The van der Waals surface area contributed by atoms with Crippen LogP contribution >= 0.6 is 0 Å². The van der Waals surface area contributed by atoms with Crippen LogP contribution in [0.3, 0.4) is 0 Å². The van der Waals surface area contributed by atoms with Crippen molar-refractivity contribution in [3.63, 3.8) is 0 Å². The van der Waals surface area contributed by atoms with Gasteiger partial charge >= 0.3 is 5.97 Å². The third-order valence-corrected chi connectivity index (χ3v) is 2.87. The van der Waals surface area contributed by atoms with Gasteiger partial charge in [-0.2, -0.15) is 0 Å². The summed E-state index contributed by atoms with van der Waals surface area (Å²) in [5.41, 5.74) is 0. The Hall–Kier alpha value is -1.35. The molecule has 0 spiro atoms. The molecule has 1 unspecified atom stereocenters. The van der Waals surface area contributed by atoms with Crippen LogP contribution in [-0.4, -0.2) is 22.3 Å². The second-order valence-electron chi connectivity index (χ2n) is 4.87. The van der Waals surface area contributed by atoms with Crippen LogP contribution in [0.25, 0.3) is 0 Å². The number of rotatable bonds is 12. The van der Waals surface area contributed by atoms with Gasteiger partial charge in [-0.25, -0.2) is 0 Å². The fraction of sp³-hybridized carbons (Fsp3) is 0.588. The molecule has 0 aromatic rings. The lowest BCUT2D eigenvalue weighted by molar-refractivity contribution is -0.137. The second kappa shape index (κ2) is 14.1. The Balaban J connectivity index is 3.54. The lowest BCUT2D eigenvalue weighted by Crippen LogP contribution is -2.01. The van der Waals surface area contributed by atoms with Gasteiger partial charge in [0, 0.05) is 6.42 Å². The van der Waals surface area contributed by atoms with Gasteiger partial charge in [0.25, 0.3) is 0 Å². The summed E-state index contributed by atoms with van der Waals surface area (Å²) in [4.78, 5) is 10.3. The van der Waals surface area contributed by atoms with E-state index < -0.39 is 12.1 Å². The van der Waals surface area contributed by atoms with Crippen molar-refractivity contribution >= 4 is 5.97 Å². The van der Waals surface area contributed by atoms with Crippen LogP contribution < -0.4 is 0 Å². The lowest BCUT2D eigenvalue weighted by Gasteiger charge is -2.03. The maximum Gasteiger partial charge on any atom is 0.303 e. The zero-order valence-electron chi connectivity index (χ0n) is 12.5. The van der Waals surface area contributed by atoms with Gasteiger partial charge in [-0.15, -0.1) is 0 Å². The van der Waals surface area contributed by atoms with Gasteiger partial charge in [0.15, 0.2) is 0 Å². The van der Waals surface area contributed by atoms with Crippen molar-refractivity contribution in [2.75, 3.05) is 0 Å². The number of allylic oxidation sites excluding steroid dienone is 5. The average Bonchev–Trinajstić information content (AvgIpc) is 2.41. The minimum Gasteiger partial charge on any atom is -0.481 e. The van der Waals surface area contributed by atoms with Crippen molar-refractivity contribution in [2.45, 2.75) is 64.4 Å². The minimum atomic E-state index is -0.747. The van der Waals surface area contributed by atoms with Crippen LogP contribution in [-0.2, 0) is 4.79 Å². The van der Waals surface area contributed by atoms with E-state index in [-0.39, 0.29) is 6.42 Å². The molecule has 0 aliphatic heterocycles. The Labute approximate surface area is 122 Å². The van der Waals surface area contributed by atoms with E-state index in [4.69, 9.17) is 5.11 Å². The summed E-state index contributed by atoms with van der Waals surface area (Å²) < 4.78 is 0. The van der Waals surface area contributed by atoms with Gasteiger partial charge < -0.3 is 10.2 Å².